The van der Waals surface area contributed by atoms with Crippen molar-refractivity contribution in [1.82, 2.24) is 15.2 Å². The highest BCUT2D eigenvalue weighted by Gasteiger charge is 2.28. The normalized spacial score (nSPS) is 13.7. The number of fused-ring (bicyclic) bond motifs is 1. The molecule has 0 saturated carbocycles. The number of urea groups is 1. The average Bonchev–Trinajstić information content (AvgIpc) is 3.18. The summed E-state index contributed by atoms with van der Waals surface area (Å²) in [6.45, 7) is 8.70. The molecule has 15 nitrogen and oxygen atoms in total. The van der Waals surface area contributed by atoms with E-state index < -0.39 is 21.5 Å². The number of nitrogens with two attached hydrogens (primary N) is 1. The minimum Gasteiger partial charge on any atom is -0.496 e. The number of hydrogen-bond donors (Lipinski definition) is 5. The van der Waals surface area contributed by atoms with Crippen LogP contribution in [0, 0.1) is 0 Å². The van der Waals surface area contributed by atoms with Crippen molar-refractivity contribution >= 4 is 61.3 Å². The molecule has 1 fully saturated rings. The molecular formula is C43H51N7O8S. The highest BCUT2D eigenvalue weighted by molar-refractivity contribution is 7.92. The molecule has 1 aliphatic rings. The predicted octanol–water partition coefficient (Wildman–Crippen LogP) is 6.86. The maximum absolute atomic E-state index is 13.4. The van der Waals surface area contributed by atoms with Crippen LogP contribution < -0.4 is 40.2 Å². The van der Waals surface area contributed by atoms with Gasteiger partial charge in [0.05, 0.1) is 49.2 Å². The summed E-state index contributed by atoms with van der Waals surface area (Å²) in [6, 6.07) is 22.1. The highest BCUT2D eigenvalue weighted by atomic mass is 32.2. The number of sulfonamides is 1. The number of nitrogens with zero attached hydrogens (tertiary/aromatic N) is 3. The van der Waals surface area contributed by atoms with Crippen molar-refractivity contribution in [2.45, 2.75) is 45.1 Å². The molecule has 16 heteroatoms. The highest BCUT2D eigenvalue weighted by Crippen LogP contribution is 2.46. The fourth-order valence-electron chi connectivity index (χ4n) is 6.95. The van der Waals surface area contributed by atoms with Gasteiger partial charge in [-0.25, -0.2) is 18.2 Å². The van der Waals surface area contributed by atoms with Gasteiger partial charge in [-0.3, -0.25) is 14.4 Å². The van der Waals surface area contributed by atoms with Gasteiger partial charge in [-0.15, -0.1) is 0 Å². The number of ether oxygens (including phenoxy) is 3. The molecule has 6 N–H and O–H groups in total. The van der Waals surface area contributed by atoms with Crippen LogP contribution in [0.3, 0.4) is 0 Å². The number of carbonyl (C=O) groups is 2. The van der Waals surface area contributed by atoms with E-state index in [2.05, 4.69) is 25.2 Å². The van der Waals surface area contributed by atoms with Crippen molar-refractivity contribution in [3.8, 4) is 23.0 Å². The Kier molecular flexibility index (Phi) is 12.8. The largest absolute Gasteiger partial charge is 0.496 e. The Balaban J connectivity index is 1.25. The van der Waals surface area contributed by atoms with Crippen LogP contribution in [0.4, 0.5) is 33.4 Å². The summed E-state index contributed by atoms with van der Waals surface area (Å²) in [5, 5.41) is 17.3. The molecule has 1 aliphatic heterocycles. The van der Waals surface area contributed by atoms with Crippen LogP contribution in [-0.4, -0.2) is 88.1 Å². The first-order valence-electron chi connectivity index (χ1n) is 19.1. The van der Waals surface area contributed by atoms with Gasteiger partial charge >= 0.3 is 6.03 Å². The van der Waals surface area contributed by atoms with Gasteiger partial charge in [0.25, 0.3) is 5.91 Å². The summed E-state index contributed by atoms with van der Waals surface area (Å²) < 4.78 is 45.1. The SMILES string of the molecule is COc1cc(Nc2cc(Oc3ccc(N(C(N)=O)c4cc(C(C)(C)C)cc(NS(C)(=O)=O)c4OC)c4ccccc34)ccn2)ccc1C(=O)NCCN1CCC(O)CC1. The van der Waals surface area contributed by atoms with Crippen LogP contribution >= 0.6 is 0 Å². The topological polar surface area (TPSA) is 198 Å². The predicted molar refractivity (Wildman–Crippen MR) is 230 cm³/mol. The van der Waals surface area contributed by atoms with Gasteiger partial charge in [-0.05, 0) is 66.3 Å². The first-order valence-corrected chi connectivity index (χ1v) is 21.0. The Morgan fingerprint density at radius 2 is 1.66 bits per heavy atom. The van der Waals surface area contributed by atoms with Crippen molar-refractivity contribution < 1.29 is 37.3 Å². The number of piperidine rings is 1. The molecule has 312 valence electrons. The quantitative estimate of drug-likeness (QED) is 0.0784. The number of methoxy groups -OCH3 is 2. The zero-order chi connectivity index (χ0) is 42.5. The Labute approximate surface area is 344 Å². The van der Waals surface area contributed by atoms with Gasteiger partial charge in [0.15, 0.2) is 5.75 Å². The molecule has 0 spiro atoms. The average molecular weight is 826 g/mol. The Morgan fingerprint density at radius 1 is 0.932 bits per heavy atom. The summed E-state index contributed by atoms with van der Waals surface area (Å²) in [7, 11) is -0.820. The molecule has 0 aliphatic carbocycles. The molecule has 1 saturated heterocycles. The number of hydrogen-bond acceptors (Lipinski definition) is 11. The molecule has 0 atom stereocenters. The minimum absolute atomic E-state index is 0.116. The van der Waals surface area contributed by atoms with E-state index in [0.717, 1.165) is 37.8 Å². The Morgan fingerprint density at radius 3 is 2.32 bits per heavy atom. The summed E-state index contributed by atoms with van der Waals surface area (Å²) in [5.74, 6) is 1.68. The van der Waals surface area contributed by atoms with E-state index in [9.17, 15) is 23.1 Å². The van der Waals surface area contributed by atoms with Crippen molar-refractivity contribution in [2.24, 2.45) is 5.73 Å². The number of likely N-dealkylation sites (tertiary alicyclic amines) is 1. The molecule has 3 amide bonds. The van der Waals surface area contributed by atoms with E-state index in [1.807, 2.05) is 45.0 Å². The van der Waals surface area contributed by atoms with Crippen LogP contribution in [0.2, 0.25) is 0 Å². The molecule has 59 heavy (non-hydrogen) atoms. The van der Waals surface area contributed by atoms with Gasteiger partial charge in [-0.2, -0.15) is 0 Å². The second kappa shape index (κ2) is 17.8. The lowest BCUT2D eigenvalue weighted by Gasteiger charge is -2.29. The standard InChI is InChI=1S/C43H51N7O8S/c1-43(2,3)27-23-34(48-59(6,54)55)40(57-5)36(24-27)50(42(44)53)35-13-14-37(32-10-8-7-9-31(32)35)58-30-15-18-45-39(26-30)47-28-11-12-33(38(25-28)56-4)41(52)46-19-22-49-20-16-29(51)17-21-49/h7-15,18,23-26,29,48,51H,16-17,19-22H2,1-6H3,(H2,44,53)(H,45,47)(H,46,52). The van der Waals surface area contributed by atoms with Gasteiger partial charge < -0.3 is 40.6 Å². The van der Waals surface area contributed by atoms with Crippen molar-refractivity contribution in [3.05, 3.63) is 96.2 Å². The molecule has 5 aromatic rings. The number of primary amides is 1. The fourth-order valence-corrected chi connectivity index (χ4v) is 7.50. The van der Waals surface area contributed by atoms with Crippen LogP contribution in [-0.2, 0) is 15.4 Å². The number of anilines is 5. The number of amides is 3. The molecule has 4 aromatic carbocycles. The lowest BCUT2D eigenvalue weighted by molar-refractivity contribution is 0.0804. The zero-order valence-electron chi connectivity index (χ0n) is 34.0. The summed E-state index contributed by atoms with van der Waals surface area (Å²) in [4.78, 5) is 34.4. The van der Waals surface area contributed by atoms with E-state index in [1.54, 1.807) is 60.8 Å². The van der Waals surface area contributed by atoms with Crippen molar-refractivity contribution in [3.63, 3.8) is 0 Å². The van der Waals surface area contributed by atoms with E-state index >= 15 is 0 Å². The van der Waals surface area contributed by atoms with E-state index in [-0.39, 0.29) is 29.1 Å². The van der Waals surface area contributed by atoms with Gasteiger partial charge in [0.1, 0.15) is 23.1 Å². The van der Waals surface area contributed by atoms with Gasteiger partial charge in [0.2, 0.25) is 10.0 Å². The van der Waals surface area contributed by atoms with Gasteiger partial charge in [-0.1, -0.05) is 45.0 Å². The zero-order valence-corrected chi connectivity index (χ0v) is 34.9. The van der Waals surface area contributed by atoms with Crippen LogP contribution in [0.1, 0.15) is 49.5 Å². The monoisotopic (exact) mass is 825 g/mol. The summed E-state index contributed by atoms with van der Waals surface area (Å²) in [6.07, 6.45) is 3.87. The molecule has 6 rings (SSSR count). The maximum Gasteiger partial charge on any atom is 0.324 e. The van der Waals surface area contributed by atoms with Gasteiger partial charge in [0, 0.05) is 61.0 Å². The van der Waals surface area contributed by atoms with Crippen LogP contribution in [0.15, 0.2) is 85.1 Å². The Hall–Kier alpha value is -6.10. The number of benzene rings is 4. The third-order valence-electron chi connectivity index (χ3n) is 9.95. The number of carbonyl (C=O) groups excluding carboxylic acids is 2. The minimum atomic E-state index is -3.72. The number of pyridine rings is 1. The Bertz CT molecular complexity index is 2450. The smallest absolute Gasteiger partial charge is 0.324 e. The number of nitrogens with one attached hydrogen (secondary N) is 3. The van der Waals surface area contributed by atoms with Crippen molar-refractivity contribution in [1.29, 1.82) is 0 Å². The maximum atomic E-state index is 13.4. The number of aliphatic hydroxyl groups excluding tert-OH is 1. The molecular weight excluding hydrogens is 775 g/mol. The van der Waals surface area contributed by atoms with Crippen molar-refractivity contribution in [2.75, 3.05) is 61.6 Å². The molecule has 0 unspecified atom stereocenters. The molecule has 0 radical (unpaired) electrons. The number of aromatic nitrogens is 1. The van der Waals surface area contributed by atoms with E-state index in [0.29, 0.717) is 63.9 Å². The molecule has 1 aromatic heterocycles. The summed E-state index contributed by atoms with van der Waals surface area (Å²) in [5.41, 5.74) is 8.25. The van der Waals surface area contributed by atoms with Crippen LogP contribution in [0.5, 0.6) is 23.0 Å². The lowest BCUT2D eigenvalue weighted by Crippen LogP contribution is -2.40. The molecule has 0 bridgehead atoms. The second-order valence-corrected chi connectivity index (χ2v) is 17.1. The van der Waals surface area contributed by atoms with Crippen LogP contribution in [0.25, 0.3) is 10.8 Å². The van der Waals surface area contributed by atoms with E-state index in [1.165, 1.54) is 19.1 Å². The number of rotatable bonds is 14. The first-order chi connectivity index (χ1) is 28.0. The fraction of sp³-hybridized carbons (Fsp3) is 0.326. The first kappa shape index (κ1) is 42.5. The summed E-state index contributed by atoms with van der Waals surface area (Å²) >= 11 is 0. The number of aliphatic hydroxyl groups is 1. The second-order valence-electron chi connectivity index (χ2n) is 15.4. The third-order valence-corrected chi connectivity index (χ3v) is 10.5. The molecule has 2 heterocycles. The third kappa shape index (κ3) is 10.3. The lowest BCUT2D eigenvalue weighted by atomic mass is 9.86. The van der Waals surface area contributed by atoms with E-state index in [4.69, 9.17) is 19.9 Å².